The highest BCUT2D eigenvalue weighted by molar-refractivity contribution is 5.70. The molecule has 3 nitrogen and oxygen atoms in total. The van der Waals surface area contributed by atoms with Crippen molar-refractivity contribution in [3.8, 4) is 5.75 Å². The van der Waals surface area contributed by atoms with Gasteiger partial charge in [0.05, 0.1) is 20.6 Å². The molecule has 0 aliphatic heterocycles. The third-order valence-electron chi connectivity index (χ3n) is 2.43. The number of methoxy groups -OCH3 is 2. The van der Waals surface area contributed by atoms with Crippen LogP contribution in [0.3, 0.4) is 0 Å². The third kappa shape index (κ3) is 2.72. The molecule has 1 rings (SSSR count). The number of carbonyl (C=O) groups excluding carboxylic acids is 1. The van der Waals surface area contributed by atoms with Crippen LogP contribution >= 0.6 is 0 Å². The molecule has 0 amide bonds. The number of hydrogen-bond acceptors (Lipinski definition) is 3. The maximum Gasteiger partial charge on any atom is 0.306 e. The van der Waals surface area contributed by atoms with Crippen molar-refractivity contribution in [1.82, 2.24) is 0 Å². The molecule has 16 heavy (non-hydrogen) atoms. The number of benzene rings is 1. The molecule has 0 fully saturated rings. The van der Waals surface area contributed by atoms with Crippen molar-refractivity contribution in [3.05, 3.63) is 29.6 Å². The molecule has 1 aromatic rings. The Hall–Kier alpha value is -1.58. The van der Waals surface area contributed by atoms with Gasteiger partial charge in [-0.2, -0.15) is 0 Å². The van der Waals surface area contributed by atoms with Crippen molar-refractivity contribution in [2.45, 2.75) is 19.3 Å². The number of esters is 1. The van der Waals surface area contributed by atoms with Gasteiger partial charge in [0.1, 0.15) is 11.6 Å². The zero-order chi connectivity index (χ0) is 12.1. The van der Waals surface area contributed by atoms with Gasteiger partial charge < -0.3 is 9.47 Å². The molecular weight excluding hydrogens is 211 g/mol. The minimum atomic E-state index is -0.365. The molecule has 0 saturated heterocycles. The van der Waals surface area contributed by atoms with Crippen LogP contribution in [0.15, 0.2) is 18.2 Å². The minimum Gasteiger partial charge on any atom is -0.496 e. The van der Waals surface area contributed by atoms with E-state index in [1.54, 1.807) is 19.1 Å². The molecule has 1 atom stereocenters. The average Bonchev–Trinajstić information content (AvgIpc) is 2.28. The minimum absolute atomic E-state index is 0.133. The molecule has 0 saturated carbocycles. The summed E-state index contributed by atoms with van der Waals surface area (Å²) in [5.41, 5.74) is 0.412. The van der Waals surface area contributed by atoms with Gasteiger partial charge in [-0.05, 0) is 18.1 Å². The van der Waals surface area contributed by atoms with Crippen LogP contribution in [0.4, 0.5) is 4.39 Å². The van der Waals surface area contributed by atoms with Crippen LogP contribution in [0.2, 0.25) is 0 Å². The van der Waals surface area contributed by atoms with Gasteiger partial charge in [0.15, 0.2) is 0 Å². The highest BCUT2D eigenvalue weighted by Crippen LogP contribution is 2.31. The first-order chi connectivity index (χ1) is 7.60. The van der Waals surface area contributed by atoms with Gasteiger partial charge in [0.25, 0.3) is 0 Å². The number of ether oxygens (including phenoxy) is 2. The lowest BCUT2D eigenvalue weighted by Gasteiger charge is -2.15. The van der Waals surface area contributed by atoms with Crippen molar-refractivity contribution in [2.24, 2.45) is 0 Å². The molecule has 4 heteroatoms. The van der Waals surface area contributed by atoms with Crippen LogP contribution in [-0.4, -0.2) is 20.2 Å². The van der Waals surface area contributed by atoms with Crippen LogP contribution in [0.1, 0.15) is 24.8 Å². The predicted octanol–water partition coefficient (Wildman–Crippen LogP) is 2.50. The smallest absolute Gasteiger partial charge is 0.306 e. The second kappa shape index (κ2) is 5.49. The van der Waals surface area contributed by atoms with E-state index in [1.165, 1.54) is 20.3 Å². The van der Waals surface area contributed by atoms with Gasteiger partial charge in [-0.1, -0.05) is 13.0 Å². The standard InChI is InChI=1S/C12H15FO3/c1-8(7-11(14)16-3)12-9(13)5-4-6-10(12)15-2/h4-6,8H,7H2,1-3H3. The molecule has 0 N–H and O–H groups in total. The van der Waals surface area contributed by atoms with E-state index < -0.39 is 0 Å². The average molecular weight is 226 g/mol. The van der Waals surface area contributed by atoms with Gasteiger partial charge >= 0.3 is 5.97 Å². The second-order valence-corrected chi connectivity index (χ2v) is 3.54. The summed E-state index contributed by atoms with van der Waals surface area (Å²) in [5, 5.41) is 0. The Morgan fingerprint density at radius 2 is 2.12 bits per heavy atom. The molecule has 0 aliphatic rings. The maximum absolute atomic E-state index is 13.6. The monoisotopic (exact) mass is 226 g/mol. The first-order valence-corrected chi connectivity index (χ1v) is 4.99. The van der Waals surface area contributed by atoms with Crippen LogP contribution in [-0.2, 0) is 9.53 Å². The van der Waals surface area contributed by atoms with Crippen molar-refractivity contribution in [3.63, 3.8) is 0 Å². The summed E-state index contributed by atoms with van der Waals surface area (Å²) in [5.74, 6) is -0.548. The number of carbonyl (C=O) groups is 1. The predicted molar refractivity (Wildman–Crippen MR) is 58.0 cm³/mol. The van der Waals surface area contributed by atoms with Gasteiger partial charge in [-0.15, -0.1) is 0 Å². The fourth-order valence-corrected chi connectivity index (χ4v) is 1.61. The molecule has 0 radical (unpaired) electrons. The van der Waals surface area contributed by atoms with Gasteiger partial charge in [-0.25, -0.2) is 4.39 Å². The summed E-state index contributed by atoms with van der Waals surface area (Å²) in [6.07, 6.45) is 0.133. The Kier molecular flexibility index (Phi) is 4.28. The Bertz CT molecular complexity index is 377. The fraction of sp³-hybridized carbons (Fsp3) is 0.417. The van der Waals surface area contributed by atoms with E-state index in [9.17, 15) is 9.18 Å². The highest BCUT2D eigenvalue weighted by atomic mass is 19.1. The van der Waals surface area contributed by atoms with E-state index in [1.807, 2.05) is 0 Å². The van der Waals surface area contributed by atoms with Gasteiger partial charge in [0, 0.05) is 5.56 Å². The lowest BCUT2D eigenvalue weighted by molar-refractivity contribution is -0.140. The zero-order valence-corrected chi connectivity index (χ0v) is 9.62. The molecule has 1 aromatic carbocycles. The summed E-state index contributed by atoms with van der Waals surface area (Å²) in [6.45, 7) is 1.76. The summed E-state index contributed by atoms with van der Waals surface area (Å²) in [4.78, 5) is 11.1. The van der Waals surface area contributed by atoms with E-state index in [0.717, 1.165) is 0 Å². The Morgan fingerprint density at radius 3 is 2.69 bits per heavy atom. The molecule has 0 bridgehead atoms. The highest BCUT2D eigenvalue weighted by Gasteiger charge is 2.19. The summed E-state index contributed by atoms with van der Waals surface area (Å²) >= 11 is 0. The largest absolute Gasteiger partial charge is 0.496 e. The first-order valence-electron chi connectivity index (χ1n) is 4.99. The lowest BCUT2D eigenvalue weighted by Crippen LogP contribution is -2.08. The van der Waals surface area contributed by atoms with Gasteiger partial charge in [0.2, 0.25) is 0 Å². The lowest BCUT2D eigenvalue weighted by atomic mass is 9.96. The van der Waals surface area contributed by atoms with Crippen molar-refractivity contribution in [1.29, 1.82) is 0 Å². The molecule has 1 unspecified atom stereocenters. The summed E-state index contributed by atoms with van der Waals surface area (Å²) in [7, 11) is 2.79. The number of hydrogen-bond donors (Lipinski definition) is 0. The van der Waals surface area contributed by atoms with Crippen molar-refractivity contribution < 1.29 is 18.7 Å². The number of halogens is 1. The normalized spacial score (nSPS) is 12.0. The molecule has 88 valence electrons. The molecule has 0 spiro atoms. The topological polar surface area (TPSA) is 35.5 Å². The zero-order valence-electron chi connectivity index (χ0n) is 9.62. The molecular formula is C12H15FO3. The second-order valence-electron chi connectivity index (χ2n) is 3.54. The van der Waals surface area contributed by atoms with E-state index in [-0.39, 0.29) is 24.1 Å². The van der Waals surface area contributed by atoms with Gasteiger partial charge in [-0.3, -0.25) is 4.79 Å². The molecule has 0 aliphatic carbocycles. The van der Waals surface area contributed by atoms with E-state index in [2.05, 4.69) is 4.74 Å². The third-order valence-corrected chi connectivity index (χ3v) is 2.43. The van der Waals surface area contributed by atoms with Crippen molar-refractivity contribution >= 4 is 5.97 Å². The van der Waals surface area contributed by atoms with Crippen LogP contribution < -0.4 is 4.74 Å². The fourth-order valence-electron chi connectivity index (χ4n) is 1.61. The van der Waals surface area contributed by atoms with E-state index in [4.69, 9.17) is 4.74 Å². The number of rotatable bonds is 4. The van der Waals surface area contributed by atoms with Crippen LogP contribution in [0.5, 0.6) is 5.75 Å². The summed E-state index contributed by atoms with van der Waals surface area (Å²) in [6, 6.07) is 4.60. The van der Waals surface area contributed by atoms with Crippen LogP contribution in [0.25, 0.3) is 0 Å². The van der Waals surface area contributed by atoms with Crippen molar-refractivity contribution in [2.75, 3.05) is 14.2 Å². The Balaban J connectivity index is 2.97. The molecule has 0 aromatic heterocycles. The first kappa shape index (κ1) is 12.5. The van der Waals surface area contributed by atoms with E-state index in [0.29, 0.717) is 11.3 Å². The summed E-state index contributed by atoms with van der Waals surface area (Å²) < 4.78 is 23.2. The Labute approximate surface area is 94.2 Å². The Morgan fingerprint density at radius 1 is 1.44 bits per heavy atom. The quantitative estimate of drug-likeness (QED) is 0.740. The maximum atomic E-state index is 13.6. The van der Waals surface area contributed by atoms with E-state index >= 15 is 0 Å². The molecule has 0 heterocycles. The SMILES string of the molecule is COC(=O)CC(C)c1c(F)cccc1OC. The van der Waals surface area contributed by atoms with Crippen LogP contribution in [0, 0.1) is 5.82 Å².